The quantitative estimate of drug-likeness (QED) is 0.641. The minimum absolute atomic E-state index is 0.245. The third kappa shape index (κ3) is 5.44. The third-order valence-corrected chi connectivity index (χ3v) is 3.30. The van der Waals surface area contributed by atoms with Crippen LogP contribution >= 0.6 is 0 Å². The van der Waals surface area contributed by atoms with Crippen LogP contribution in [-0.4, -0.2) is 32.1 Å². The highest BCUT2D eigenvalue weighted by molar-refractivity contribution is 5.91. The van der Waals surface area contributed by atoms with Gasteiger partial charge in [0.05, 0.1) is 12.9 Å². The number of benzene rings is 1. The highest BCUT2D eigenvalue weighted by Crippen LogP contribution is 2.09. The highest BCUT2D eigenvalue weighted by Gasteiger charge is 2.07. The van der Waals surface area contributed by atoms with Gasteiger partial charge < -0.3 is 25.1 Å². The van der Waals surface area contributed by atoms with Gasteiger partial charge in [0.25, 0.3) is 5.91 Å². The van der Waals surface area contributed by atoms with Gasteiger partial charge in [-0.15, -0.1) is 0 Å². The Hall–Kier alpha value is -2.80. The number of amides is 3. The van der Waals surface area contributed by atoms with Crippen LogP contribution in [0.4, 0.5) is 4.79 Å². The summed E-state index contributed by atoms with van der Waals surface area (Å²) in [4.78, 5) is 23.4. The summed E-state index contributed by atoms with van der Waals surface area (Å²) < 4.78 is 10.1. The van der Waals surface area contributed by atoms with Crippen LogP contribution in [0.1, 0.15) is 21.7 Å². The molecule has 0 fully saturated rings. The van der Waals surface area contributed by atoms with Crippen molar-refractivity contribution in [2.45, 2.75) is 13.2 Å². The summed E-state index contributed by atoms with van der Waals surface area (Å²) in [5, 5.41) is 8.10. The van der Waals surface area contributed by atoms with Crippen LogP contribution < -0.4 is 16.0 Å². The summed E-state index contributed by atoms with van der Waals surface area (Å²) >= 11 is 0. The molecule has 7 heteroatoms. The molecule has 0 aliphatic rings. The van der Waals surface area contributed by atoms with E-state index in [0.29, 0.717) is 26.2 Å². The van der Waals surface area contributed by atoms with Crippen molar-refractivity contribution in [2.75, 3.05) is 20.2 Å². The van der Waals surface area contributed by atoms with Crippen molar-refractivity contribution in [3.8, 4) is 0 Å². The summed E-state index contributed by atoms with van der Waals surface area (Å²) in [6, 6.07) is 10.7. The van der Waals surface area contributed by atoms with E-state index in [2.05, 4.69) is 16.0 Å². The van der Waals surface area contributed by atoms with Gasteiger partial charge in [-0.1, -0.05) is 24.3 Å². The van der Waals surface area contributed by atoms with Crippen molar-refractivity contribution >= 4 is 11.9 Å². The third-order valence-electron chi connectivity index (χ3n) is 3.30. The first-order valence-electron chi connectivity index (χ1n) is 7.60. The largest absolute Gasteiger partial charge is 0.459 e. The number of carbonyl (C=O) groups excluding carboxylic acids is 2. The predicted octanol–water partition coefficient (Wildman–Crippen LogP) is 1.66. The first-order valence-corrected chi connectivity index (χ1v) is 7.60. The number of ether oxygens (including phenoxy) is 1. The number of hydrogen-bond donors (Lipinski definition) is 3. The summed E-state index contributed by atoms with van der Waals surface area (Å²) in [6.45, 7) is 1.54. The fraction of sp³-hybridized carbons (Fsp3) is 0.294. The number of nitrogens with one attached hydrogen (secondary N) is 3. The second kappa shape index (κ2) is 9.36. The molecule has 0 radical (unpaired) electrons. The Balaban J connectivity index is 1.66. The Morgan fingerprint density at radius 2 is 1.75 bits per heavy atom. The van der Waals surface area contributed by atoms with E-state index in [4.69, 9.17) is 9.15 Å². The molecule has 128 valence electrons. The van der Waals surface area contributed by atoms with Crippen molar-refractivity contribution in [3.05, 3.63) is 59.5 Å². The maximum absolute atomic E-state index is 11.8. The molecule has 1 aromatic heterocycles. The lowest BCUT2D eigenvalue weighted by atomic mass is 10.1. The Kier molecular flexibility index (Phi) is 6.85. The summed E-state index contributed by atoms with van der Waals surface area (Å²) in [7, 11) is 1.63. The van der Waals surface area contributed by atoms with Crippen LogP contribution in [0.25, 0.3) is 0 Å². The molecule has 0 spiro atoms. The number of rotatable bonds is 8. The molecule has 0 atom stereocenters. The molecule has 0 aliphatic carbocycles. The Morgan fingerprint density at radius 3 is 2.46 bits per heavy atom. The van der Waals surface area contributed by atoms with Gasteiger partial charge in [-0.2, -0.15) is 0 Å². The van der Waals surface area contributed by atoms with Crippen LogP contribution in [0.5, 0.6) is 0 Å². The lowest BCUT2D eigenvalue weighted by molar-refractivity contribution is 0.0926. The van der Waals surface area contributed by atoms with Crippen molar-refractivity contribution < 1.29 is 18.7 Å². The zero-order chi connectivity index (χ0) is 17.2. The Labute approximate surface area is 140 Å². The fourth-order valence-electron chi connectivity index (χ4n) is 2.11. The van der Waals surface area contributed by atoms with Gasteiger partial charge in [0.1, 0.15) is 0 Å². The SMILES string of the molecule is COCc1ccccc1CNC(=O)NCCNC(=O)c1ccco1. The lowest BCUT2D eigenvalue weighted by Gasteiger charge is -2.11. The van der Waals surface area contributed by atoms with E-state index in [9.17, 15) is 9.59 Å². The average Bonchev–Trinajstić information content (AvgIpc) is 3.13. The van der Waals surface area contributed by atoms with E-state index >= 15 is 0 Å². The first-order chi connectivity index (χ1) is 11.7. The number of furan rings is 1. The van der Waals surface area contributed by atoms with E-state index in [0.717, 1.165) is 11.1 Å². The van der Waals surface area contributed by atoms with Crippen molar-refractivity contribution in [1.82, 2.24) is 16.0 Å². The molecule has 24 heavy (non-hydrogen) atoms. The van der Waals surface area contributed by atoms with Crippen LogP contribution in [0.2, 0.25) is 0 Å². The Bertz CT molecular complexity index is 656. The van der Waals surface area contributed by atoms with Crippen LogP contribution in [0, 0.1) is 0 Å². The molecule has 1 aromatic carbocycles. The van der Waals surface area contributed by atoms with E-state index in [1.807, 2.05) is 24.3 Å². The molecule has 2 rings (SSSR count). The van der Waals surface area contributed by atoms with Gasteiger partial charge in [0.15, 0.2) is 5.76 Å². The molecule has 0 saturated carbocycles. The van der Waals surface area contributed by atoms with Gasteiger partial charge in [0, 0.05) is 26.7 Å². The minimum atomic E-state index is -0.310. The second-order valence-electron chi connectivity index (χ2n) is 5.04. The lowest BCUT2D eigenvalue weighted by Crippen LogP contribution is -2.40. The van der Waals surface area contributed by atoms with Gasteiger partial charge in [0.2, 0.25) is 0 Å². The molecule has 2 aromatic rings. The van der Waals surface area contributed by atoms with Gasteiger partial charge in [-0.25, -0.2) is 4.79 Å². The van der Waals surface area contributed by atoms with Crippen molar-refractivity contribution in [3.63, 3.8) is 0 Å². The van der Waals surface area contributed by atoms with Gasteiger partial charge >= 0.3 is 6.03 Å². The zero-order valence-electron chi connectivity index (χ0n) is 13.5. The van der Waals surface area contributed by atoms with Crippen LogP contribution in [0.3, 0.4) is 0 Å². The van der Waals surface area contributed by atoms with Gasteiger partial charge in [-0.3, -0.25) is 4.79 Å². The maximum Gasteiger partial charge on any atom is 0.315 e. The molecule has 0 unspecified atom stereocenters. The van der Waals surface area contributed by atoms with E-state index < -0.39 is 0 Å². The molecular formula is C17H21N3O4. The molecule has 3 amide bonds. The summed E-state index contributed by atoms with van der Waals surface area (Å²) in [5.41, 5.74) is 2.03. The molecule has 0 bridgehead atoms. The zero-order valence-corrected chi connectivity index (χ0v) is 13.5. The van der Waals surface area contributed by atoms with E-state index in [1.54, 1.807) is 19.2 Å². The molecule has 1 heterocycles. The smallest absolute Gasteiger partial charge is 0.315 e. The summed E-state index contributed by atoms with van der Waals surface area (Å²) in [6.07, 6.45) is 1.43. The molecule has 0 aliphatic heterocycles. The number of methoxy groups -OCH3 is 1. The van der Waals surface area contributed by atoms with Gasteiger partial charge in [-0.05, 0) is 23.3 Å². The normalized spacial score (nSPS) is 10.2. The molecular weight excluding hydrogens is 310 g/mol. The Morgan fingerprint density at radius 1 is 1.00 bits per heavy atom. The topological polar surface area (TPSA) is 92.6 Å². The highest BCUT2D eigenvalue weighted by atomic mass is 16.5. The predicted molar refractivity (Wildman–Crippen MR) is 88.4 cm³/mol. The standard InChI is InChI=1S/C17H21N3O4/c1-23-12-14-6-3-2-5-13(14)11-20-17(22)19-9-8-18-16(21)15-7-4-10-24-15/h2-7,10H,8-9,11-12H2,1H3,(H,18,21)(H2,19,20,22). The van der Waals surface area contributed by atoms with Crippen molar-refractivity contribution in [2.24, 2.45) is 0 Å². The monoisotopic (exact) mass is 331 g/mol. The molecule has 3 N–H and O–H groups in total. The number of carbonyl (C=O) groups is 2. The molecule has 7 nitrogen and oxygen atoms in total. The average molecular weight is 331 g/mol. The number of urea groups is 1. The van der Waals surface area contributed by atoms with Crippen LogP contribution in [0.15, 0.2) is 47.1 Å². The number of hydrogen-bond acceptors (Lipinski definition) is 4. The minimum Gasteiger partial charge on any atom is -0.459 e. The maximum atomic E-state index is 11.8. The fourth-order valence-corrected chi connectivity index (χ4v) is 2.11. The van der Waals surface area contributed by atoms with Crippen LogP contribution in [-0.2, 0) is 17.9 Å². The second-order valence-corrected chi connectivity index (χ2v) is 5.04. The van der Waals surface area contributed by atoms with E-state index in [1.165, 1.54) is 6.26 Å². The summed E-state index contributed by atoms with van der Waals surface area (Å²) in [5.74, 6) is -0.0649. The van der Waals surface area contributed by atoms with Crippen molar-refractivity contribution in [1.29, 1.82) is 0 Å². The van der Waals surface area contributed by atoms with E-state index in [-0.39, 0.29) is 17.7 Å². The first kappa shape index (κ1) is 17.6. The molecule has 0 saturated heterocycles.